The summed E-state index contributed by atoms with van der Waals surface area (Å²) in [4.78, 5) is 0. The molecule has 0 spiro atoms. The summed E-state index contributed by atoms with van der Waals surface area (Å²) in [5, 5.41) is 11.7. The Morgan fingerprint density at radius 1 is 1.30 bits per heavy atom. The van der Waals surface area contributed by atoms with Crippen LogP contribution < -0.4 is 0 Å². The number of hydrogen-bond acceptors (Lipinski definition) is 1. The van der Waals surface area contributed by atoms with Crippen LogP contribution in [0.25, 0.3) is 0 Å². The molecule has 3 aliphatic rings. The van der Waals surface area contributed by atoms with Crippen molar-refractivity contribution < 1.29 is 4.65 Å². The number of fused-ring (bicyclic) bond motifs is 3. The van der Waals surface area contributed by atoms with E-state index in [1.54, 1.807) is 0 Å². The fourth-order valence-electron chi connectivity index (χ4n) is 2.48. The molecule has 0 radical (unpaired) electrons. The molecule has 1 unspecified atom stereocenters. The lowest BCUT2D eigenvalue weighted by molar-refractivity contribution is -0.901. The summed E-state index contributed by atoms with van der Waals surface area (Å²) in [6, 6.07) is 0. The van der Waals surface area contributed by atoms with Gasteiger partial charge in [0, 0.05) is 18.8 Å². The minimum Gasteiger partial charge on any atom is -0.633 e. The first-order chi connectivity index (χ1) is 4.70. The van der Waals surface area contributed by atoms with E-state index in [1.807, 2.05) is 0 Å². The van der Waals surface area contributed by atoms with Gasteiger partial charge in [-0.05, 0) is 5.92 Å². The van der Waals surface area contributed by atoms with Gasteiger partial charge in [-0.2, -0.15) is 0 Å². The van der Waals surface area contributed by atoms with Crippen LogP contribution in [-0.2, 0) is 0 Å². The summed E-state index contributed by atoms with van der Waals surface area (Å²) >= 11 is 0. The molecule has 3 heterocycles. The normalized spacial score (nSPS) is 53.4. The van der Waals surface area contributed by atoms with Gasteiger partial charge in [0.15, 0.2) is 0 Å². The van der Waals surface area contributed by atoms with Crippen LogP contribution in [0.3, 0.4) is 0 Å². The van der Waals surface area contributed by atoms with Gasteiger partial charge in [-0.3, -0.25) is 0 Å². The zero-order valence-corrected chi connectivity index (χ0v) is 6.55. The molecule has 0 N–H and O–H groups in total. The van der Waals surface area contributed by atoms with Crippen LogP contribution in [0.5, 0.6) is 0 Å². The van der Waals surface area contributed by atoms with Crippen LogP contribution in [0.2, 0.25) is 0 Å². The zero-order chi connectivity index (χ0) is 7.19. The Labute approximate surface area is 62.0 Å². The third-order valence-electron chi connectivity index (χ3n) is 3.24. The molecule has 3 saturated heterocycles. The molecule has 58 valence electrons. The third kappa shape index (κ3) is 0.867. The van der Waals surface area contributed by atoms with Crippen LogP contribution in [0.4, 0.5) is 0 Å². The summed E-state index contributed by atoms with van der Waals surface area (Å²) in [6.45, 7) is 4.92. The number of hydroxylamine groups is 3. The van der Waals surface area contributed by atoms with Crippen molar-refractivity contribution in [3.05, 3.63) is 5.21 Å². The lowest BCUT2D eigenvalue weighted by Crippen LogP contribution is -2.57. The lowest BCUT2D eigenvalue weighted by Gasteiger charge is -2.55. The molecule has 3 rings (SSSR count). The predicted octanol–water partition coefficient (Wildman–Crippen LogP) is 1.36. The Kier molecular flexibility index (Phi) is 1.29. The van der Waals surface area contributed by atoms with E-state index in [9.17, 15) is 5.21 Å². The summed E-state index contributed by atoms with van der Waals surface area (Å²) < 4.78 is 0.123. The summed E-state index contributed by atoms with van der Waals surface area (Å²) in [5.74, 6) is 1.58. The molecule has 0 aromatic carbocycles. The van der Waals surface area contributed by atoms with Crippen LogP contribution in [0.15, 0.2) is 0 Å². The van der Waals surface area contributed by atoms with Crippen molar-refractivity contribution in [2.24, 2.45) is 11.8 Å². The number of piperidine rings is 3. The van der Waals surface area contributed by atoms with E-state index in [0.29, 0.717) is 5.92 Å². The fraction of sp³-hybridized carbons (Fsp3) is 1.00. The second kappa shape index (κ2) is 1.95. The maximum atomic E-state index is 11.7. The van der Waals surface area contributed by atoms with Crippen LogP contribution in [-0.4, -0.2) is 24.3 Å². The number of hydrogen-bond donors (Lipinski definition) is 0. The molecule has 2 heteroatoms. The summed E-state index contributed by atoms with van der Waals surface area (Å²) in [6.07, 6.45) is 2.37. The number of rotatable bonds is 0. The van der Waals surface area contributed by atoms with Gasteiger partial charge in [-0.15, -0.1) is 0 Å². The molecule has 0 aromatic rings. The highest BCUT2D eigenvalue weighted by Gasteiger charge is 2.38. The second-order valence-corrected chi connectivity index (χ2v) is 4.00. The molecule has 0 amide bonds. The molecule has 3 fully saturated rings. The minimum absolute atomic E-state index is 0.123. The maximum Gasteiger partial charge on any atom is 0.0812 e. The molecule has 2 bridgehead atoms. The van der Waals surface area contributed by atoms with Crippen molar-refractivity contribution in [1.29, 1.82) is 0 Å². The minimum atomic E-state index is 0.123. The first-order valence-electron chi connectivity index (χ1n) is 4.27. The topological polar surface area (TPSA) is 23.1 Å². The quantitative estimate of drug-likeness (QED) is 0.369. The van der Waals surface area contributed by atoms with Crippen molar-refractivity contribution in [1.82, 2.24) is 0 Å². The van der Waals surface area contributed by atoms with Crippen LogP contribution in [0, 0.1) is 17.0 Å². The number of nitrogens with zero attached hydrogens (tertiary/aromatic N) is 1. The highest BCUT2D eigenvalue weighted by Crippen LogP contribution is 2.36. The smallest absolute Gasteiger partial charge is 0.0812 e. The molecule has 10 heavy (non-hydrogen) atoms. The van der Waals surface area contributed by atoms with E-state index < -0.39 is 0 Å². The van der Waals surface area contributed by atoms with Crippen molar-refractivity contribution in [3.8, 4) is 0 Å². The first-order valence-corrected chi connectivity index (χ1v) is 4.27. The van der Waals surface area contributed by atoms with Crippen molar-refractivity contribution in [2.45, 2.75) is 19.8 Å². The Bertz CT molecular complexity index is 138. The van der Waals surface area contributed by atoms with Crippen LogP contribution >= 0.6 is 0 Å². The Morgan fingerprint density at radius 2 is 1.90 bits per heavy atom. The lowest BCUT2D eigenvalue weighted by atomic mass is 9.80. The molecular formula is C8H15NO. The Hall–Kier alpha value is -0.0800. The van der Waals surface area contributed by atoms with Gasteiger partial charge < -0.3 is 9.85 Å². The third-order valence-corrected chi connectivity index (χ3v) is 3.24. The van der Waals surface area contributed by atoms with Crippen molar-refractivity contribution in [2.75, 3.05) is 19.6 Å². The average molecular weight is 141 g/mol. The highest BCUT2D eigenvalue weighted by molar-refractivity contribution is 4.77. The Morgan fingerprint density at radius 3 is 2.20 bits per heavy atom. The fourth-order valence-corrected chi connectivity index (χ4v) is 2.48. The maximum absolute atomic E-state index is 11.7. The van der Waals surface area contributed by atoms with Crippen molar-refractivity contribution in [3.63, 3.8) is 0 Å². The molecule has 0 saturated carbocycles. The van der Waals surface area contributed by atoms with Gasteiger partial charge in [0.05, 0.1) is 19.6 Å². The predicted molar refractivity (Wildman–Crippen MR) is 40.1 cm³/mol. The van der Waals surface area contributed by atoms with Gasteiger partial charge in [0.1, 0.15) is 0 Å². The largest absolute Gasteiger partial charge is 0.633 e. The summed E-state index contributed by atoms with van der Waals surface area (Å²) in [7, 11) is 0. The van der Waals surface area contributed by atoms with Gasteiger partial charge >= 0.3 is 0 Å². The average Bonchev–Trinajstić information content (AvgIpc) is 1.87. The van der Waals surface area contributed by atoms with E-state index >= 15 is 0 Å². The first kappa shape index (κ1) is 6.62. The van der Waals surface area contributed by atoms with E-state index in [2.05, 4.69) is 6.92 Å². The molecule has 0 aliphatic carbocycles. The van der Waals surface area contributed by atoms with Crippen molar-refractivity contribution >= 4 is 0 Å². The standard InChI is InChI=1S/C8H15NO/c1-7-6-9(10)4-2-8(7)3-5-9/h7-8H,2-6H2,1H3. The second-order valence-electron chi connectivity index (χ2n) is 4.00. The van der Waals surface area contributed by atoms with Gasteiger partial charge in [-0.25, -0.2) is 0 Å². The van der Waals surface area contributed by atoms with Gasteiger partial charge in [0.25, 0.3) is 0 Å². The molecule has 1 atom stereocenters. The molecular weight excluding hydrogens is 126 g/mol. The Balaban J connectivity index is 2.14. The molecule has 3 aliphatic heterocycles. The zero-order valence-electron chi connectivity index (χ0n) is 6.55. The van der Waals surface area contributed by atoms with Gasteiger partial charge in [0.2, 0.25) is 0 Å². The van der Waals surface area contributed by atoms with E-state index in [0.717, 1.165) is 25.6 Å². The molecule has 0 aromatic heterocycles. The highest BCUT2D eigenvalue weighted by atomic mass is 16.5. The monoisotopic (exact) mass is 141 g/mol. The van der Waals surface area contributed by atoms with Gasteiger partial charge in [-0.1, -0.05) is 6.92 Å². The van der Waals surface area contributed by atoms with E-state index in [1.165, 1.54) is 12.8 Å². The SMILES string of the molecule is CC1C[N+]2([O-])CCC1CC2. The van der Waals surface area contributed by atoms with E-state index in [4.69, 9.17) is 0 Å². The summed E-state index contributed by atoms with van der Waals surface area (Å²) in [5.41, 5.74) is 0. The molecule has 2 nitrogen and oxygen atoms in total. The number of quaternary nitrogens is 1. The van der Waals surface area contributed by atoms with Crippen LogP contribution in [0.1, 0.15) is 19.8 Å². The van der Waals surface area contributed by atoms with E-state index in [-0.39, 0.29) is 4.65 Å².